The summed E-state index contributed by atoms with van der Waals surface area (Å²) < 4.78 is 10.7. The average Bonchev–Trinajstić information content (AvgIpc) is 2.43. The molecule has 0 bridgehead atoms. The lowest BCUT2D eigenvalue weighted by atomic mass is 10.1. The quantitative estimate of drug-likeness (QED) is 0.815. The van der Waals surface area contributed by atoms with E-state index in [-0.39, 0.29) is 6.04 Å². The van der Waals surface area contributed by atoms with Crippen LogP contribution in [0.3, 0.4) is 0 Å². The van der Waals surface area contributed by atoms with Crippen molar-refractivity contribution in [1.82, 2.24) is 4.90 Å². The topological polar surface area (TPSA) is 45.5 Å². The van der Waals surface area contributed by atoms with Crippen LogP contribution in [0.25, 0.3) is 0 Å². The highest BCUT2D eigenvalue weighted by atomic mass is 16.5. The van der Waals surface area contributed by atoms with Crippen LogP contribution in [-0.4, -0.2) is 37.8 Å². The van der Waals surface area contributed by atoms with Crippen molar-refractivity contribution in [3.63, 3.8) is 0 Å². The number of rotatable bonds is 4. The Hall–Kier alpha value is -1.57. The maximum atomic E-state index is 9.34. The number of hydrogen-bond donors (Lipinski definition) is 0. The fourth-order valence-electron chi connectivity index (χ4n) is 2.12. The third-order valence-corrected chi connectivity index (χ3v) is 3.04. The van der Waals surface area contributed by atoms with Gasteiger partial charge in [-0.2, -0.15) is 5.26 Å². The van der Waals surface area contributed by atoms with Gasteiger partial charge in [0.05, 0.1) is 25.9 Å². The first-order valence-electron chi connectivity index (χ1n) is 6.29. The predicted octanol–water partition coefficient (Wildman–Crippen LogP) is 1.98. The standard InChI is InChI=1S/C14H18N2O2/c1-2-18-13-5-3-12(4-6-13)14(11-15)16-7-9-17-10-8-16/h3-6,14H,2,7-10H2,1H3/t14-/m0/s1. The summed E-state index contributed by atoms with van der Waals surface area (Å²) in [5, 5.41) is 9.34. The maximum absolute atomic E-state index is 9.34. The normalized spacial score (nSPS) is 18.0. The van der Waals surface area contributed by atoms with Gasteiger partial charge in [0.15, 0.2) is 0 Å². The van der Waals surface area contributed by atoms with Gasteiger partial charge in [-0.25, -0.2) is 0 Å². The predicted molar refractivity (Wildman–Crippen MR) is 68.4 cm³/mol. The molecule has 1 aliphatic heterocycles. The summed E-state index contributed by atoms with van der Waals surface area (Å²) in [6.07, 6.45) is 0. The van der Waals surface area contributed by atoms with E-state index in [1.54, 1.807) is 0 Å². The number of benzene rings is 1. The molecule has 0 spiro atoms. The van der Waals surface area contributed by atoms with E-state index in [4.69, 9.17) is 9.47 Å². The molecule has 1 saturated heterocycles. The van der Waals surface area contributed by atoms with E-state index < -0.39 is 0 Å². The molecule has 96 valence electrons. The van der Waals surface area contributed by atoms with Gasteiger partial charge in [-0.3, -0.25) is 4.90 Å². The molecule has 0 amide bonds. The monoisotopic (exact) mass is 246 g/mol. The highest BCUT2D eigenvalue weighted by molar-refractivity contribution is 5.31. The van der Waals surface area contributed by atoms with Crippen molar-refractivity contribution in [1.29, 1.82) is 5.26 Å². The number of hydrogen-bond acceptors (Lipinski definition) is 4. The largest absolute Gasteiger partial charge is 0.494 e. The summed E-state index contributed by atoms with van der Waals surface area (Å²) in [6, 6.07) is 9.95. The van der Waals surface area contributed by atoms with Crippen molar-refractivity contribution in [3.05, 3.63) is 29.8 Å². The molecule has 1 aromatic carbocycles. The Morgan fingerprint density at radius 2 is 2.00 bits per heavy atom. The van der Waals surface area contributed by atoms with Gasteiger partial charge in [0.2, 0.25) is 0 Å². The van der Waals surface area contributed by atoms with Crippen molar-refractivity contribution >= 4 is 0 Å². The second kappa shape index (κ2) is 6.39. The van der Waals surface area contributed by atoms with E-state index in [0.29, 0.717) is 19.8 Å². The van der Waals surface area contributed by atoms with Gasteiger partial charge in [-0.05, 0) is 24.6 Å². The van der Waals surface area contributed by atoms with E-state index in [1.165, 1.54) is 0 Å². The molecule has 18 heavy (non-hydrogen) atoms. The Bertz CT molecular complexity index is 405. The van der Waals surface area contributed by atoms with E-state index in [9.17, 15) is 5.26 Å². The molecule has 2 rings (SSSR count). The van der Waals surface area contributed by atoms with Crippen LogP contribution in [0.5, 0.6) is 5.75 Å². The Balaban J connectivity index is 2.09. The molecule has 0 N–H and O–H groups in total. The summed E-state index contributed by atoms with van der Waals surface area (Å²) in [5.74, 6) is 0.847. The number of ether oxygens (including phenoxy) is 2. The molecule has 0 aromatic heterocycles. The highest BCUT2D eigenvalue weighted by Crippen LogP contribution is 2.23. The SMILES string of the molecule is CCOc1ccc([C@H](C#N)N2CCOCC2)cc1. The molecule has 0 radical (unpaired) electrons. The molecule has 4 nitrogen and oxygen atoms in total. The summed E-state index contributed by atoms with van der Waals surface area (Å²) in [6.45, 7) is 5.64. The second-order valence-electron chi connectivity index (χ2n) is 4.18. The van der Waals surface area contributed by atoms with Gasteiger partial charge in [0.1, 0.15) is 11.8 Å². The van der Waals surface area contributed by atoms with Crippen LogP contribution < -0.4 is 4.74 Å². The first kappa shape index (κ1) is 12.9. The Labute approximate surface area is 108 Å². The molecule has 0 aliphatic carbocycles. The van der Waals surface area contributed by atoms with Crippen molar-refractivity contribution in [2.75, 3.05) is 32.9 Å². The van der Waals surface area contributed by atoms with Crippen LogP contribution in [0.2, 0.25) is 0 Å². The van der Waals surface area contributed by atoms with E-state index in [1.807, 2.05) is 31.2 Å². The summed E-state index contributed by atoms with van der Waals surface area (Å²) in [7, 11) is 0. The van der Waals surface area contributed by atoms with Gasteiger partial charge < -0.3 is 9.47 Å². The zero-order valence-electron chi connectivity index (χ0n) is 10.6. The molecule has 1 aromatic rings. The second-order valence-corrected chi connectivity index (χ2v) is 4.18. The smallest absolute Gasteiger partial charge is 0.124 e. The van der Waals surface area contributed by atoms with Crippen LogP contribution in [0.1, 0.15) is 18.5 Å². The summed E-state index contributed by atoms with van der Waals surface area (Å²) >= 11 is 0. The lowest BCUT2D eigenvalue weighted by Gasteiger charge is -2.30. The molecular weight excluding hydrogens is 228 g/mol. The zero-order chi connectivity index (χ0) is 12.8. The Morgan fingerprint density at radius 1 is 1.33 bits per heavy atom. The zero-order valence-corrected chi connectivity index (χ0v) is 10.6. The first-order chi connectivity index (χ1) is 8.85. The summed E-state index contributed by atoms with van der Waals surface area (Å²) in [5.41, 5.74) is 1.02. The van der Waals surface area contributed by atoms with Crippen molar-refractivity contribution in [3.8, 4) is 11.8 Å². The maximum Gasteiger partial charge on any atom is 0.124 e. The number of morpholine rings is 1. The molecule has 1 heterocycles. The van der Waals surface area contributed by atoms with Crippen LogP contribution in [0, 0.1) is 11.3 Å². The van der Waals surface area contributed by atoms with Gasteiger partial charge in [0, 0.05) is 13.1 Å². The van der Waals surface area contributed by atoms with Crippen molar-refractivity contribution in [2.24, 2.45) is 0 Å². The van der Waals surface area contributed by atoms with E-state index in [2.05, 4.69) is 11.0 Å². The molecule has 1 atom stereocenters. The lowest BCUT2D eigenvalue weighted by Crippen LogP contribution is -2.38. The highest BCUT2D eigenvalue weighted by Gasteiger charge is 2.22. The molecule has 0 saturated carbocycles. The van der Waals surface area contributed by atoms with Crippen LogP contribution in [0.4, 0.5) is 0 Å². The van der Waals surface area contributed by atoms with Crippen LogP contribution in [0.15, 0.2) is 24.3 Å². The van der Waals surface area contributed by atoms with Crippen molar-refractivity contribution < 1.29 is 9.47 Å². The first-order valence-corrected chi connectivity index (χ1v) is 6.29. The number of nitriles is 1. The Morgan fingerprint density at radius 3 is 2.56 bits per heavy atom. The minimum atomic E-state index is -0.190. The van der Waals surface area contributed by atoms with Gasteiger partial charge in [-0.1, -0.05) is 12.1 Å². The fraction of sp³-hybridized carbons (Fsp3) is 0.500. The van der Waals surface area contributed by atoms with Crippen molar-refractivity contribution in [2.45, 2.75) is 13.0 Å². The fourth-order valence-corrected chi connectivity index (χ4v) is 2.12. The summed E-state index contributed by atoms with van der Waals surface area (Å²) in [4.78, 5) is 2.15. The van der Waals surface area contributed by atoms with E-state index in [0.717, 1.165) is 24.4 Å². The van der Waals surface area contributed by atoms with Gasteiger partial charge >= 0.3 is 0 Å². The minimum Gasteiger partial charge on any atom is -0.494 e. The third-order valence-electron chi connectivity index (χ3n) is 3.04. The number of nitrogens with zero attached hydrogens (tertiary/aromatic N) is 2. The Kier molecular flexibility index (Phi) is 4.57. The third kappa shape index (κ3) is 3.00. The molecule has 1 fully saturated rings. The van der Waals surface area contributed by atoms with Gasteiger partial charge in [-0.15, -0.1) is 0 Å². The van der Waals surface area contributed by atoms with Gasteiger partial charge in [0.25, 0.3) is 0 Å². The van der Waals surface area contributed by atoms with Crippen LogP contribution >= 0.6 is 0 Å². The average molecular weight is 246 g/mol. The molecule has 1 aliphatic rings. The molecule has 0 unspecified atom stereocenters. The minimum absolute atomic E-state index is 0.190. The van der Waals surface area contributed by atoms with E-state index >= 15 is 0 Å². The lowest BCUT2D eigenvalue weighted by molar-refractivity contribution is 0.0266. The molecular formula is C14H18N2O2. The molecule has 4 heteroatoms. The van der Waals surface area contributed by atoms with Crippen LogP contribution in [-0.2, 0) is 4.74 Å².